The van der Waals surface area contributed by atoms with Gasteiger partial charge in [0.25, 0.3) is 0 Å². The van der Waals surface area contributed by atoms with Crippen LogP contribution in [0.2, 0.25) is 0 Å². The number of nitrogens with one attached hydrogen (secondary N) is 1. The lowest BCUT2D eigenvalue weighted by Crippen LogP contribution is -2.15. The van der Waals surface area contributed by atoms with E-state index in [0.717, 1.165) is 22.7 Å². The maximum absolute atomic E-state index is 4.45. The first-order valence-corrected chi connectivity index (χ1v) is 7.35. The highest BCUT2D eigenvalue weighted by Crippen LogP contribution is 2.23. The van der Waals surface area contributed by atoms with Crippen LogP contribution in [-0.4, -0.2) is 19.1 Å². The summed E-state index contributed by atoms with van der Waals surface area (Å²) >= 11 is 5.22. The van der Waals surface area contributed by atoms with Gasteiger partial charge < -0.3 is 10.2 Å². The van der Waals surface area contributed by atoms with Gasteiger partial charge in [0.1, 0.15) is 0 Å². The standard InChI is InChI=1S/C13H16BrN3S/c1-15-7-12-8-16-13(18-12)17(2)9-10-4-3-5-11(14)6-10/h3-6,8,15H,7,9H2,1-2H3. The first-order valence-electron chi connectivity index (χ1n) is 5.74. The van der Waals surface area contributed by atoms with Crippen molar-refractivity contribution in [2.75, 3.05) is 19.0 Å². The van der Waals surface area contributed by atoms with E-state index >= 15 is 0 Å². The van der Waals surface area contributed by atoms with Gasteiger partial charge in [-0.15, -0.1) is 11.3 Å². The summed E-state index contributed by atoms with van der Waals surface area (Å²) in [4.78, 5) is 7.88. The molecule has 2 rings (SSSR count). The average molecular weight is 326 g/mol. The number of anilines is 1. The molecule has 1 aromatic heterocycles. The highest BCUT2D eigenvalue weighted by atomic mass is 79.9. The molecule has 1 aromatic carbocycles. The van der Waals surface area contributed by atoms with E-state index in [-0.39, 0.29) is 0 Å². The fourth-order valence-corrected chi connectivity index (χ4v) is 3.04. The van der Waals surface area contributed by atoms with E-state index in [2.05, 4.69) is 56.4 Å². The third kappa shape index (κ3) is 3.54. The largest absolute Gasteiger partial charge is 0.347 e. The molecule has 0 radical (unpaired) electrons. The minimum absolute atomic E-state index is 0.867. The molecule has 0 atom stereocenters. The topological polar surface area (TPSA) is 28.2 Å². The minimum atomic E-state index is 0.867. The number of aromatic nitrogens is 1. The summed E-state index contributed by atoms with van der Waals surface area (Å²) in [6.07, 6.45) is 1.94. The van der Waals surface area contributed by atoms with Crippen molar-refractivity contribution in [3.63, 3.8) is 0 Å². The van der Waals surface area contributed by atoms with E-state index in [1.54, 1.807) is 11.3 Å². The number of halogens is 1. The Morgan fingerprint density at radius 1 is 1.44 bits per heavy atom. The van der Waals surface area contributed by atoms with E-state index in [0.29, 0.717) is 0 Å². The summed E-state index contributed by atoms with van der Waals surface area (Å²) < 4.78 is 1.11. The molecule has 0 saturated heterocycles. The molecular weight excluding hydrogens is 310 g/mol. The Bertz CT molecular complexity index is 512. The molecule has 0 bridgehead atoms. The van der Waals surface area contributed by atoms with Gasteiger partial charge in [0.15, 0.2) is 5.13 Å². The lowest BCUT2D eigenvalue weighted by molar-refractivity contribution is 0.829. The first-order chi connectivity index (χ1) is 8.69. The van der Waals surface area contributed by atoms with Gasteiger partial charge in [-0.2, -0.15) is 0 Å². The van der Waals surface area contributed by atoms with Gasteiger partial charge in [0.2, 0.25) is 0 Å². The number of thiazole rings is 1. The summed E-state index contributed by atoms with van der Waals surface area (Å²) in [5.41, 5.74) is 1.28. The first kappa shape index (κ1) is 13.5. The molecular formula is C13H16BrN3S. The molecule has 0 aliphatic heterocycles. The predicted molar refractivity (Wildman–Crippen MR) is 81.1 cm³/mol. The van der Waals surface area contributed by atoms with Crippen LogP contribution in [0.5, 0.6) is 0 Å². The Morgan fingerprint density at radius 2 is 2.28 bits per heavy atom. The molecule has 0 spiro atoms. The van der Waals surface area contributed by atoms with Crippen LogP contribution in [0.4, 0.5) is 5.13 Å². The Labute approximate surface area is 120 Å². The summed E-state index contributed by atoms with van der Waals surface area (Å²) in [7, 11) is 4.02. The lowest BCUT2D eigenvalue weighted by atomic mass is 10.2. The van der Waals surface area contributed by atoms with Gasteiger partial charge in [0.05, 0.1) is 0 Å². The summed E-state index contributed by atoms with van der Waals surface area (Å²) in [6.45, 7) is 1.74. The highest BCUT2D eigenvalue weighted by molar-refractivity contribution is 9.10. The fraction of sp³-hybridized carbons (Fsp3) is 0.308. The molecule has 0 amide bonds. The lowest BCUT2D eigenvalue weighted by Gasteiger charge is -2.15. The predicted octanol–water partition coefficient (Wildman–Crippen LogP) is 3.26. The van der Waals surface area contributed by atoms with Gasteiger partial charge in [-0.1, -0.05) is 28.1 Å². The molecule has 0 fully saturated rings. The van der Waals surface area contributed by atoms with Crippen molar-refractivity contribution in [3.05, 3.63) is 45.4 Å². The number of hydrogen-bond acceptors (Lipinski definition) is 4. The second kappa shape index (κ2) is 6.31. The quantitative estimate of drug-likeness (QED) is 0.914. The summed E-state index contributed by atoms with van der Waals surface area (Å²) in [6, 6.07) is 8.36. The number of hydrogen-bond donors (Lipinski definition) is 1. The van der Waals surface area contributed by atoms with Gasteiger partial charge in [0, 0.05) is 35.7 Å². The molecule has 3 nitrogen and oxygen atoms in total. The molecule has 2 aromatic rings. The number of benzene rings is 1. The molecule has 0 aliphatic carbocycles. The molecule has 96 valence electrons. The van der Waals surface area contributed by atoms with Crippen LogP contribution in [0.3, 0.4) is 0 Å². The van der Waals surface area contributed by atoms with Crippen LogP contribution in [0.25, 0.3) is 0 Å². The van der Waals surface area contributed by atoms with Crippen LogP contribution in [-0.2, 0) is 13.1 Å². The Kier molecular flexibility index (Phi) is 4.74. The molecule has 0 saturated carbocycles. The van der Waals surface area contributed by atoms with Crippen molar-refractivity contribution >= 4 is 32.4 Å². The van der Waals surface area contributed by atoms with Crippen LogP contribution in [0.1, 0.15) is 10.4 Å². The molecule has 0 unspecified atom stereocenters. The van der Waals surface area contributed by atoms with Gasteiger partial charge in [-0.25, -0.2) is 4.98 Å². The van der Waals surface area contributed by atoms with Crippen molar-refractivity contribution in [1.29, 1.82) is 0 Å². The third-order valence-electron chi connectivity index (χ3n) is 2.53. The van der Waals surface area contributed by atoms with Crippen LogP contribution in [0, 0.1) is 0 Å². The van der Waals surface area contributed by atoms with E-state index in [1.807, 2.05) is 19.3 Å². The second-order valence-electron chi connectivity index (χ2n) is 4.13. The van der Waals surface area contributed by atoms with Gasteiger partial charge >= 0.3 is 0 Å². The zero-order chi connectivity index (χ0) is 13.0. The van der Waals surface area contributed by atoms with Crippen molar-refractivity contribution in [2.45, 2.75) is 13.1 Å². The van der Waals surface area contributed by atoms with Crippen LogP contribution in [0.15, 0.2) is 34.9 Å². The zero-order valence-electron chi connectivity index (χ0n) is 10.5. The summed E-state index contributed by atoms with van der Waals surface area (Å²) in [5.74, 6) is 0. The van der Waals surface area contributed by atoms with Crippen LogP contribution < -0.4 is 10.2 Å². The highest BCUT2D eigenvalue weighted by Gasteiger charge is 2.07. The fourth-order valence-electron chi connectivity index (χ4n) is 1.71. The average Bonchev–Trinajstić information content (AvgIpc) is 2.78. The van der Waals surface area contributed by atoms with Crippen molar-refractivity contribution in [3.8, 4) is 0 Å². The minimum Gasteiger partial charge on any atom is -0.347 e. The Hall–Kier alpha value is -0.910. The van der Waals surface area contributed by atoms with Crippen molar-refractivity contribution in [2.24, 2.45) is 0 Å². The van der Waals surface area contributed by atoms with Gasteiger partial charge in [-0.3, -0.25) is 0 Å². The van der Waals surface area contributed by atoms with E-state index in [1.165, 1.54) is 10.4 Å². The van der Waals surface area contributed by atoms with Crippen molar-refractivity contribution < 1.29 is 0 Å². The second-order valence-corrected chi connectivity index (χ2v) is 6.13. The maximum Gasteiger partial charge on any atom is 0.185 e. The monoisotopic (exact) mass is 325 g/mol. The Balaban J connectivity index is 2.04. The molecule has 1 heterocycles. The van der Waals surface area contributed by atoms with E-state index in [4.69, 9.17) is 0 Å². The van der Waals surface area contributed by atoms with Crippen LogP contribution >= 0.6 is 27.3 Å². The third-order valence-corrected chi connectivity index (χ3v) is 4.13. The Morgan fingerprint density at radius 3 is 3.00 bits per heavy atom. The van der Waals surface area contributed by atoms with E-state index < -0.39 is 0 Å². The van der Waals surface area contributed by atoms with E-state index in [9.17, 15) is 0 Å². The molecule has 18 heavy (non-hydrogen) atoms. The van der Waals surface area contributed by atoms with Crippen molar-refractivity contribution in [1.82, 2.24) is 10.3 Å². The normalized spacial score (nSPS) is 10.6. The number of nitrogens with zero attached hydrogens (tertiary/aromatic N) is 2. The van der Waals surface area contributed by atoms with Gasteiger partial charge in [-0.05, 0) is 24.7 Å². The molecule has 1 N–H and O–H groups in total. The summed E-state index contributed by atoms with van der Waals surface area (Å²) in [5, 5.41) is 4.19. The molecule has 0 aliphatic rings. The zero-order valence-corrected chi connectivity index (χ0v) is 12.9. The smallest absolute Gasteiger partial charge is 0.185 e. The number of rotatable bonds is 5. The SMILES string of the molecule is CNCc1cnc(N(C)Cc2cccc(Br)c2)s1. The molecule has 5 heteroatoms. The maximum atomic E-state index is 4.45.